The average molecular weight is 1270 g/mol. The van der Waals surface area contributed by atoms with Crippen LogP contribution in [-0.4, -0.2) is 95.9 Å². The Labute approximate surface area is 527 Å². The number of hydrogen-bond acceptors (Lipinski definition) is 14. The van der Waals surface area contributed by atoms with Gasteiger partial charge in [0, 0.05) is 19.3 Å². The number of phosphoric acid groups is 2. The van der Waals surface area contributed by atoms with Gasteiger partial charge in [-0.25, -0.2) is 9.13 Å². The molecule has 504 valence electrons. The highest BCUT2D eigenvalue weighted by atomic mass is 31.2. The highest BCUT2D eigenvalue weighted by Crippen LogP contribution is 2.45. The maximum absolute atomic E-state index is 12.8. The zero-order chi connectivity index (χ0) is 63.8. The van der Waals surface area contributed by atoms with Crippen LogP contribution in [0.2, 0.25) is 0 Å². The molecule has 0 radical (unpaired) electrons. The number of aliphatic hydroxyl groups excluding tert-OH is 2. The summed E-state index contributed by atoms with van der Waals surface area (Å²) in [6.45, 7) is 2.47. The number of carbonyl (C=O) groups is 3. The lowest BCUT2D eigenvalue weighted by atomic mass is 10.0. The molecule has 0 heterocycles. The summed E-state index contributed by atoms with van der Waals surface area (Å²) in [5.74, 6) is -1.59. The van der Waals surface area contributed by atoms with Gasteiger partial charge in [0.2, 0.25) is 0 Å². The van der Waals surface area contributed by atoms with Gasteiger partial charge in [-0.1, -0.05) is 234 Å². The van der Waals surface area contributed by atoms with Crippen molar-refractivity contribution in [3.8, 4) is 0 Å². The molecular formula is C69H122O16P2. The molecular weight excluding hydrogens is 1150 g/mol. The van der Waals surface area contributed by atoms with Crippen LogP contribution in [0.25, 0.3) is 0 Å². The summed E-state index contributed by atoms with van der Waals surface area (Å²) in [5, 5.41) is 20.5. The molecule has 0 amide bonds. The van der Waals surface area contributed by atoms with Crippen LogP contribution in [0.15, 0.2) is 85.1 Å². The van der Waals surface area contributed by atoms with Crippen molar-refractivity contribution < 1.29 is 75.8 Å². The molecule has 5 atom stereocenters. The van der Waals surface area contributed by atoms with E-state index in [0.29, 0.717) is 19.3 Å². The molecule has 0 rings (SSSR count). The Morgan fingerprint density at radius 1 is 0.333 bits per heavy atom. The van der Waals surface area contributed by atoms with E-state index in [4.69, 9.17) is 32.3 Å². The number of hydrogen-bond donors (Lipinski definition) is 4. The van der Waals surface area contributed by atoms with Crippen molar-refractivity contribution in [2.45, 2.75) is 296 Å². The third-order valence-corrected chi connectivity index (χ3v) is 16.0. The number of esters is 3. The lowest BCUT2D eigenvalue weighted by molar-refractivity contribution is -0.161. The Balaban J connectivity index is 4.43. The van der Waals surface area contributed by atoms with Crippen molar-refractivity contribution in [1.29, 1.82) is 0 Å². The van der Waals surface area contributed by atoms with Crippen LogP contribution in [0.3, 0.4) is 0 Å². The normalized spacial score (nSPS) is 14.8. The molecule has 0 bridgehead atoms. The largest absolute Gasteiger partial charge is 0.472 e. The van der Waals surface area contributed by atoms with E-state index in [1.165, 1.54) is 83.5 Å². The molecule has 0 spiro atoms. The van der Waals surface area contributed by atoms with E-state index in [1.54, 1.807) is 0 Å². The highest BCUT2D eigenvalue weighted by Gasteiger charge is 2.29. The number of unbranched alkanes of at least 4 members (excludes halogenated alkanes) is 27. The van der Waals surface area contributed by atoms with Crippen molar-refractivity contribution in [3.63, 3.8) is 0 Å². The number of allylic oxidation sites excluding steroid dienone is 14. The standard InChI is InChI=1S/C69H122O16P2/c1-4-7-10-13-16-19-22-24-25-26-27-28-29-30-31-32-33-34-35-36-37-39-42-43-46-49-52-55-67(72)79-58-64(70)59-81-86(75,76)82-60-65(71)61-83-87(77,78)84-63-66(85-69(74)57-54-51-48-45-40-21-18-15-12-9-6-3)62-80-68(73)56-53-50-47-44-41-38-23-20-17-14-11-8-5-2/h7,10,15-16,18-20,23-25,27-28,30-31,64-66,70-71H,4-6,8-9,11-14,17,21-22,26,29,32-63H2,1-3H3,(H,75,76)(H,77,78)/b10-7-,18-15-,19-16-,23-20-,25-24-,28-27-,31-30-. The van der Waals surface area contributed by atoms with E-state index in [1.807, 2.05) is 0 Å². The van der Waals surface area contributed by atoms with Crippen LogP contribution in [0.4, 0.5) is 0 Å². The second kappa shape index (κ2) is 62.9. The third-order valence-electron chi connectivity index (χ3n) is 14.1. The van der Waals surface area contributed by atoms with Gasteiger partial charge in [-0.05, 0) is 109 Å². The second-order valence-electron chi connectivity index (χ2n) is 22.6. The molecule has 0 aliphatic rings. The van der Waals surface area contributed by atoms with Gasteiger partial charge in [0.1, 0.15) is 25.4 Å². The fourth-order valence-electron chi connectivity index (χ4n) is 8.87. The first-order chi connectivity index (χ1) is 42.2. The predicted molar refractivity (Wildman–Crippen MR) is 353 cm³/mol. The molecule has 0 aromatic carbocycles. The Kier molecular flexibility index (Phi) is 60.5. The maximum atomic E-state index is 12.8. The van der Waals surface area contributed by atoms with E-state index in [2.05, 4.69) is 106 Å². The van der Waals surface area contributed by atoms with E-state index in [0.717, 1.165) is 135 Å². The minimum atomic E-state index is -4.92. The topological polar surface area (TPSA) is 231 Å². The highest BCUT2D eigenvalue weighted by molar-refractivity contribution is 7.47. The average Bonchev–Trinajstić information content (AvgIpc) is 3.53. The van der Waals surface area contributed by atoms with E-state index >= 15 is 0 Å². The smallest absolute Gasteiger partial charge is 0.463 e. The Morgan fingerprint density at radius 2 is 0.621 bits per heavy atom. The lowest BCUT2D eigenvalue weighted by Gasteiger charge is -2.21. The number of rotatable bonds is 64. The number of phosphoric ester groups is 2. The van der Waals surface area contributed by atoms with E-state index in [-0.39, 0.29) is 19.3 Å². The summed E-state index contributed by atoms with van der Waals surface area (Å²) >= 11 is 0. The molecule has 0 aliphatic carbocycles. The molecule has 0 aromatic heterocycles. The second-order valence-corrected chi connectivity index (χ2v) is 25.5. The van der Waals surface area contributed by atoms with Gasteiger partial charge in [-0.2, -0.15) is 0 Å². The van der Waals surface area contributed by atoms with Gasteiger partial charge in [0.05, 0.1) is 26.4 Å². The SMILES string of the molecule is CC/C=C\C/C=C\C/C=C\C/C=C\C/C=C\CCCCCCCCCCCCCC(=O)OCC(O)COP(=O)(O)OCC(O)COP(=O)(O)OCC(COC(=O)CCCCCCC/C=C\CCCCCC)OC(=O)CCCCCCC/C=C\CCCC. The molecule has 16 nitrogen and oxygen atoms in total. The van der Waals surface area contributed by atoms with E-state index in [9.17, 15) is 43.5 Å². The van der Waals surface area contributed by atoms with Crippen LogP contribution >= 0.6 is 15.6 Å². The quantitative estimate of drug-likeness (QED) is 0.0146. The lowest BCUT2D eigenvalue weighted by Crippen LogP contribution is -2.30. The third kappa shape index (κ3) is 64.1. The van der Waals surface area contributed by atoms with Crippen LogP contribution < -0.4 is 0 Å². The zero-order valence-electron chi connectivity index (χ0n) is 54.4. The number of ether oxygens (including phenoxy) is 3. The molecule has 0 aliphatic heterocycles. The summed E-state index contributed by atoms with van der Waals surface area (Å²) in [6.07, 6.45) is 66.6. The van der Waals surface area contributed by atoms with Crippen molar-refractivity contribution in [2.75, 3.05) is 39.6 Å². The fraction of sp³-hybridized carbons (Fsp3) is 0.754. The Hall–Kier alpha value is -3.27. The molecule has 0 aromatic rings. The van der Waals surface area contributed by atoms with Crippen molar-refractivity contribution in [3.05, 3.63) is 85.1 Å². The molecule has 5 unspecified atom stereocenters. The van der Waals surface area contributed by atoms with E-state index < -0.39 is 91.5 Å². The minimum absolute atomic E-state index is 0.0941. The molecule has 0 saturated carbocycles. The predicted octanol–water partition coefficient (Wildman–Crippen LogP) is 18.5. The van der Waals surface area contributed by atoms with Crippen LogP contribution in [-0.2, 0) is 55.8 Å². The van der Waals surface area contributed by atoms with Gasteiger partial charge in [0.15, 0.2) is 6.10 Å². The first kappa shape index (κ1) is 83.7. The maximum Gasteiger partial charge on any atom is 0.472 e. The summed E-state index contributed by atoms with van der Waals surface area (Å²) in [7, 11) is -9.76. The van der Waals surface area contributed by atoms with Crippen molar-refractivity contribution in [1.82, 2.24) is 0 Å². The first-order valence-corrected chi connectivity index (χ1v) is 36.9. The van der Waals surface area contributed by atoms with Crippen molar-refractivity contribution >= 4 is 33.6 Å². The van der Waals surface area contributed by atoms with Gasteiger partial charge in [0.25, 0.3) is 0 Å². The summed E-state index contributed by atoms with van der Waals surface area (Å²) < 4.78 is 60.7. The summed E-state index contributed by atoms with van der Waals surface area (Å²) in [6, 6.07) is 0. The Bertz CT molecular complexity index is 1930. The fourth-order valence-corrected chi connectivity index (χ4v) is 10.5. The first-order valence-electron chi connectivity index (χ1n) is 33.9. The minimum Gasteiger partial charge on any atom is -0.463 e. The monoisotopic (exact) mass is 1270 g/mol. The molecule has 18 heteroatoms. The molecule has 4 N–H and O–H groups in total. The van der Waals surface area contributed by atoms with Gasteiger partial charge < -0.3 is 34.2 Å². The zero-order valence-corrected chi connectivity index (χ0v) is 56.2. The summed E-state index contributed by atoms with van der Waals surface area (Å²) in [4.78, 5) is 58.2. The van der Waals surface area contributed by atoms with Crippen LogP contribution in [0, 0.1) is 0 Å². The van der Waals surface area contributed by atoms with Crippen LogP contribution in [0.1, 0.15) is 278 Å². The van der Waals surface area contributed by atoms with Gasteiger partial charge in [-0.3, -0.25) is 32.5 Å². The van der Waals surface area contributed by atoms with Gasteiger partial charge in [-0.15, -0.1) is 0 Å². The van der Waals surface area contributed by atoms with Crippen LogP contribution in [0.5, 0.6) is 0 Å². The van der Waals surface area contributed by atoms with Gasteiger partial charge >= 0.3 is 33.6 Å². The summed E-state index contributed by atoms with van der Waals surface area (Å²) in [5.41, 5.74) is 0. The van der Waals surface area contributed by atoms with Crippen molar-refractivity contribution in [2.24, 2.45) is 0 Å². The molecule has 0 fully saturated rings. The number of aliphatic hydroxyl groups is 2. The number of carbonyl (C=O) groups excluding carboxylic acids is 3. The molecule has 87 heavy (non-hydrogen) atoms. The Morgan fingerprint density at radius 3 is 1.01 bits per heavy atom. The molecule has 0 saturated heterocycles.